The molecule has 0 fully saturated rings. The molecule has 0 aromatic heterocycles. The molecule has 148 valence electrons. The van der Waals surface area contributed by atoms with E-state index in [0.29, 0.717) is 24.6 Å². The molecule has 29 heavy (non-hydrogen) atoms. The molecule has 0 spiro atoms. The van der Waals surface area contributed by atoms with Crippen molar-refractivity contribution in [1.29, 1.82) is 0 Å². The van der Waals surface area contributed by atoms with Gasteiger partial charge in [0.2, 0.25) is 0 Å². The first-order valence-corrected chi connectivity index (χ1v) is 9.00. The summed E-state index contributed by atoms with van der Waals surface area (Å²) in [6.07, 6.45) is 17.3. The first-order valence-electron chi connectivity index (χ1n) is 9.00. The Morgan fingerprint density at radius 3 is 2.90 bits per heavy atom. The normalized spacial score (nSPS) is 21.4. The Morgan fingerprint density at radius 1 is 1.14 bits per heavy atom. The van der Waals surface area contributed by atoms with Gasteiger partial charge >= 0.3 is 5.97 Å². The quantitative estimate of drug-likeness (QED) is 0.793. The molecule has 0 radical (unpaired) electrons. The molecule has 1 N–H and O–H groups in total. The molecular formula is C22H21N3O4. The van der Waals surface area contributed by atoms with Crippen LogP contribution in [0.15, 0.2) is 88.8 Å². The first-order chi connectivity index (χ1) is 14.2. The Bertz CT molecular complexity index is 939. The van der Waals surface area contributed by atoms with E-state index in [1.807, 2.05) is 60.7 Å². The third-order valence-corrected chi connectivity index (χ3v) is 3.98. The molecule has 2 aliphatic heterocycles. The lowest BCUT2D eigenvalue weighted by Crippen LogP contribution is -2.20. The number of fused-ring (bicyclic) bond motifs is 3. The Labute approximate surface area is 169 Å². The lowest BCUT2D eigenvalue weighted by molar-refractivity contribution is -0.133. The van der Waals surface area contributed by atoms with Gasteiger partial charge in [0.1, 0.15) is 18.1 Å². The van der Waals surface area contributed by atoms with Crippen LogP contribution in [-0.4, -0.2) is 48.0 Å². The Morgan fingerprint density at radius 2 is 2.00 bits per heavy atom. The number of allylic oxidation sites excluding steroid dienone is 4. The number of carboxylic acid groups (broad SMARTS) is 1. The van der Waals surface area contributed by atoms with Crippen molar-refractivity contribution in [3.63, 3.8) is 0 Å². The Hall–Kier alpha value is -3.87. The van der Waals surface area contributed by atoms with Gasteiger partial charge in [-0.25, -0.2) is 14.8 Å². The maximum Gasteiger partial charge on any atom is 0.352 e. The smallest absolute Gasteiger partial charge is 0.352 e. The van der Waals surface area contributed by atoms with E-state index in [9.17, 15) is 9.90 Å². The van der Waals surface area contributed by atoms with Crippen LogP contribution in [0.1, 0.15) is 5.56 Å². The van der Waals surface area contributed by atoms with E-state index in [4.69, 9.17) is 9.47 Å². The highest BCUT2D eigenvalue weighted by molar-refractivity contribution is 6.06. The van der Waals surface area contributed by atoms with Gasteiger partial charge in [0.15, 0.2) is 13.1 Å². The summed E-state index contributed by atoms with van der Waals surface area (Å²) >= 11 is 0. The zero-order chi connectivity index (χ0) is 20.3. The molecular weight excluding hydrogens is 370 g/mol. The van der Waals surface area contributed by atoms with Crippen molar-refractivity contribution in [2.24, 2.45) is 9.98 Å². The van der Waals surface area contributed by atoms with Crippen LogP contribution in [0, 0.1) is 0 Å². The van der Waals surface area contributed by atoms with Crippen LogP contribution in [0.2, 0.25) is 0 Å². The number of carbonyl (C=O) groups is 1. The van der Waals surface area contributed by atoms with Gasteiger partial charge in [0, 0.05) is 18.0 Å². The third-order valence-electron chi connectivity index (χ3n) is 3.98. The molecule has 2 heterocycles. The van der Waals surface area contributed by atoms with Crippen LogP contribution >= 0.6 is 0 Å². The monoisotopic (exact) mass is 391 g/mol. The van der Waals surface area contributed by atoms with Gasteiger partial charge in [0.05, 0.1) is 12.3 Å². The summed E-state index contributed by atoms with van der Waals surface area (Å²) < 4.78 is 11.0. The second kappa shape index (κ2) is 10.5. The maximum atomic E-state index is 11.5. The number of benzene rings is 1. The van der Waals surface area contributed by atoms with Crippen LogP contribution in [0.4, 0.5) is 0 Å². The molecule has 0 saturated heterocycles. The van der Waals surface area contributed by atoms with Gasteiger partial charge in [-0.2, -0.15) is 0 Å². The fourth-order valence-corrected chi connectivity index (χ4v) is 2.61. The number of carboxylic acids is 1. The van der Waals surface area contributed by atoms with E-state index >= 15 is 0 Å². The van der Waals surface area contributed by atoms with Gasteiger partial charge in [-0.3, -0.25) is 0 Å². The average molecular weight is 391 g/mol. The standard InChI is InChI=1S/C22H21N3O4/c26-22(27)20-14-19-15-25(20)12-11-23-16-28-13-7-3-1-2-4-8-18-9-5-6-10-21(18)29-17-24-19/h1-12,14,16H,13,15,17H2,(H,26,27)/b2-1-,7-3-,8-4-,12-11-,23-16?,24-19?. The zero-order valence-corrected chi connectivity index (χ0v) is 15.7. The van der Waals surface area contributed by atoms with E-state index < -0.39 is 5.97 Å². The number of aliphatic carboxylic acids is 1. The summed E-state index contributed by atoms with van der Waals surface area (Å²) in [5.41, 5.74) is 1.66. The van der Waals surface area contributed by atoms with Crippen LogP contribution in [0.25, 0.3) is 6.08 Å². The van der Waals surface area contributed by atoms with Crippen LogP contribution in [0.3, 0.4) is 0 Å². The highest BCUT2D eigenvalue weighted by atomic mass is 16.5. The van der Waals surface area contributed by atoms with Gasteiger partial charge in [-0.1, -0.05) is 48.6 Å². The largest absolute Gasteiger partial charge is 0.479 e. The van der Waals surface area contributed by atoms with Crippen LogP contribution < -0.4 is 4.74 Å². The van der Waals surface area contributed by atoms with Crippen molar-refractivity contribution in [3.8, 4) is 5.75 Å². The van der Waals surface area contributed by atoms with E-state index in [1.54, 1.807) is 11.1 Å². The lowest BCUT2D eigenvalue weighted by Gasteiger charge is -2.13. The number of hydrogen-bond acceptors (Lipinski definition) is 6. The van der Waals surface area contributed by atoms with E-state index in [-0.39, 0.29) is 12.4 Å². The van der Waals surface area contributed by atoms with Crippen molar-refractivity contribution in [3.05, 3.63) is 84.4 Å². The van der Waals surface area contributed by atoms with E-state index in [2.05, 4.69) is 9.98 Å². The van der Waals surface area contributed by atoms with Gasteiger partial charge < -0.3 is 19.5 Å². The van der Waals surface area contributed by atoms with Crippen molar-refractivity contribution in [2.75, 3.05) is 19.9 Å². The van der Waals surface area contributed by atoms with E-state index in [0.717, 1.165) is 5.56 Å². The molecule has 2 bridgehead atoms. The highest BCUT2D eigenvalue weighted by Gasteiger charge is 2.23. The van der Waals surface area contributed by atoms with E-state index in [1.165, 1.54) is 18.7 Å². The predicted molar refractivity (Wildman–Crippen MR) is 113 cm³/mol. The number of hydrogen-bond donors (Lipinski definition) is 1. The zero-order valence-electron chi connectivity index (χ0n) is 15.7. The van der Waals surface area contributed by atoms with Gasteiger partial charge in [0.25, 0.3) is 0 Å². The number of ether oxygens (including phenoxy) is 2. The first kappa shape index (κ1) is 19.9. The lowest BCUT2D eigenvalue weighted by atomic mass is 10.2. The van der Waals surface area contributed by atoms with Gasteiger partial charge in [-0.05, 0) is 18.2 Å². The minimum atomic E-state index is -1.03. The number of para-hydroxylation sites is 1. The summed E-state index contributed by atoms with van der Waals surface area (Å²) in [4.78, 5) is 21.4. The van der Waals surface area contributed by atoms with Crippen molar-refractivity contribution < 1.29 is 19.4 Å². The summed E-state index contributed by atoms with van der Waals surface area (Å²) in [7, 11) is 0. The van der Waals surface area contributed by atoms with Crippen LogP contribution in [-0.2, 0) is 9.53 Å². The fourth-order valence-electron chi connectivity index (χ4n) is 2.61. The molecule has 0 saturated carbocycles. The summed E-state index contributed by atoms with van der Waals surface area (Å²) in [5.74, 6) is -0.334. The number of aliphatic imine (C=N–C) groups is 2. The Kier molecular flexibility index (Phi) is 7.17. The molecule has 3 rings (SSSR count). The van der Waals surface area contributed by atoms with Crippen LogP contribution in [0.5, 0.6) is 5.75 Å². The second-order valence-electron chi connectivity index (χ2n) is 5.98. The highest BCUT2D eigenvalue weighted by Crippen LogP contribution is 2.20. The minimum Gasteiger partial charge on any atom is -0.479 e. The fraction of sp³-hybridized carbons (Fsp3) is 0.136. The summed E-state index contributed by atoms with van der Waals surface area (Å²) in [5, 5.41) is 9.39. The second-order valence-corrected chi connectivity index (χ2v) is 5.98. The maximum absolute atomic E-state index is 11.5. The molecule has 7 nitrogen and oxygen atoms in total. The Balaban J connectivity index is 1.82. The van der Waals surface area contributed by atoms with Crippen molar-refractivity contribution >= 4 is 24.2 Å². The molecule has 7 heteroatoms. The predicted octanol–water partition coefficient (Wildman–Crippen LogP) is 3.40. The minimum absolute atomic E-state index is 0.0890. The molecule has 1 aromatic carbocycles. The molecule has 2 aliphatic rings. The number of nitrogens with zero attached hydrogens (tertiary/aromatic N) is 3. The number of rotatable bonds is 1. The SMILES string of the molecule is O=C(O)C1=CC2=NCOc3ccccc3\C=C/C=C\C=C/COC=N/C=C\N1C2. The summed E-state index contributed by atoms with van der Waals surface area (Å²) in [6.45, 7) is 0.793. The van der Waals surface area contributed by atoms with Crippen molar-refractivity contribution in [1.82, 2.24) is 4.90 Å². The third kappa shape index (κ3) is 6.07. The topological polar surface area (TPSA) is 83.7 Å². The van der Waals surface area contributed by atoms with Crippen molar-refractivity contribution in [2.45, 2.75) is 0 Å². The average Bonchev–Trinajstić information content (AvgIpc) is 3.12. The molecule has 0 amide bonds. The summed E-state index contributed by atoms with van der Waals surface area (Å²) in [6, 6.07) is 7.64. The molecule has 1 aromatic rings. The van der Waals surface area contributed by atoms with Gasteiger partial charge in [-0.15, -0.1) is 0 Å². The molecule has 0 atom stereocenters. The molecule has 0 aliphatic carbocycles. The molecule has 0 unspecified atom stereocenters.